The number of unbranched alkanes of at least 4 members (excludes halogenated alkanes) is 1. The van der Waals surface area contributed by atoms with E-state index in [4.69, 9.17) is 33.2 Å². The maximum atomic E-state index is 12.7. The van der Waals surface area contributed by atoms with E-state index in [9.17, 15) is 33.7 Å². The SMILES string of the molecule is C=C(OCC)c1ccc(NC(=O)NNC(=O)c2ccc(OCCCC)cc2)cc1.CCOc1cc(C(=O)NNC(=O)Nc2ccc(CC)cc2OC)cc(OCC)c1OCC.C[N+](=O)c1cccc(NC(=O)NNC(=O)c2ccc(OC3CCCC3)cc2)c1. The first kappa shape index (κ1) is 69.3. The van der Waals surface area contributed by atoms with Crippen LogP contribution in [0.4, 0.5) is 37.1 Å². The predicted octanol–water partition coefficient (Wildman–Crippen LogP) is 11.8. The fourth-order valence-corrected chi connectivity index (χ4v) is 8.31. The van der Waals surface area contributed by atoms with Crippen LogP contribution in [0.1, 0.15) is 122 Å². The van der Waals surface area contributed by atoms with Crippen molar-refractivity contribution >= 4 is 64.3 Å². The molecule has 1 fully saturated rings. The number of carbonyl (C=O) groups is 6. The highest BCUT2D eigenvalue weighted by molar-refractivity contribution is 5.99. The summed E-state index contributed by atoms with van der Waals surface area (Å²) in [6.45, 7) is 17.7. The molecule has 474 valence electrons. The van der Waals surface area contributed by atoms with Gasteiger partial charge >= 0.3 is 18.1 Å². The molecule has 0 unspecified atom stereocenters. The molecule has 0 spiro atoms. The van der Waals surface area contributed by atoms with Crippen molar-refractivity contribution in [2.45, 2.75) is 92.6 Å². The molecule has 24 heteroatoms. The minimum Gasteiger partial charge on any atom is -0.495 e. The lowest BCUT2D eigenvalue weighted by molar-refractivity contribution is -0.428. The molecule has 0 saturated heterocycles. The van der Waals surface area contributed by atoms with Gasteiger partial charge in [-0.25, -0.2) is 30.7 Å². The maximum absolute atomic E-state index is 12.7. The molecule has 0 atom stereocenters. The Morgan fingerprint density at radius 1 is 0.528 bits per heavy atom. The van der Waals surface area contributed by atoms with Crippen molar-refractivity contribution in [2.75, 3.05) is 63.1 Å². The van der Waals surface area contributed by atoms with Crippen molar-refractivity contribution in [3.63, 3.8) is 0 Å². The molecule has 1 aliphatic rings. The summed E-state index contributed by atoms with van der Waals surface area (Å²) in [6, 6.07) is 33.7. The first-order valence-corrected chi connectivity index (χ1v) is 29.3. The van der Waals surface area contributed by atoms with E-state index in [2.05, 4.69) is 62.0 Å². The summed E-state index contributed by atoms with van der Waals surface area (Å²) in [4.78, 5) is 84.4. The topological polar surface area (TPSA) is 295 Å². The van der Waals surface area contributed by atoms with Crippen molar-refractivity contribution in [2.24, 2.45) is 0 Å². The predicted molar refractivity (Wildman–Crippen MR) is 340 cm³/mol. The van der Waals surface area contributed by atoms with Crippen LogP contribution >= 0.6 is 0 Å². The molecule has 0 aromatic heterocycles. The first-order valence-electron chi connectivity index (χ1n) is 29.3. The molecule has 7 rings (SSSR count). The van der Waals surface area contributed by atoms with Gasteiger partial charge in [0.15, 0.2) is 18.5 Å². The van der Waals surface area contributed by atoms with E-state index in [0.717, 1.165) is 49.0 Å². The van der Waals surface area contributed by atoms with E-state index < -0.39 is 35.8 Å². The Bertz CT molecular complexity index is 3280. The number of methoxy groups -OCH3 is 1. The summed E-state index contributed by atoms with van der Waals surface area (Å²) in [5.74, 6) is 2.32. The number of hydrazine groups is 3. The van der Waals surface area contributed by atoms with Crippen molar-refractivity contribution < 1.29 is 66.7 Å². The van der Waals surface area contributed by atoms with Crippen molar-refractivity contribution in [1.82, 2.24) is 32.6 Å². The quantitative estimate of drug-likeness (QED) is 0.0118. The van der Waals surface area contributed by atoms with Gasteiger partial charge in [-0.2, -0.15) is 0 Å². The number of urea groups is 3. The molecule has 1 aliphatic carbocycles. The largest absolute Gasteiger partial charge is 0.495 e. The van der Waals surface area contributed by atoms with Gasteiger partial charge in [-0.15, -0.1) is 0 Å². The summed E-state index contributed by atoms with van der Waals surface area (Å²) in [5.41, 5.74) is 18.8. The normalized spacial score (nSPS) is 11.2. The number of carbonyl (C=O) groups excluding carboxylic acids is 6. The molecule has 24 nitrogen and oxygen atoms in total. The highest BCUT2D eigenvalue weighted by Crippen LogP contribution is 2.39. The Morgan fingerprint density at radius 2 is 1.06 bits per heavy atom. The van der Waals surface area contributed by atoms with E-state index in [1.54, 1.807) is 109 Å². The molecule has 0 bridgehead atoms. The second-order valence-corrected chi connectivity index (χ2v) is 19.3. The molecule has 89 heavy (non-hydrogen) atoms. The highest BCUT2D eigenvalue weighted by atomic mass is 16.5. The van der Waals surface area contributed by atoms with Crippen LogP contribution in [-0.2, 0) is 11.2 Å². The van der Waals surface area contributed by atoms with Crippen LogP contribution in [0, 0.1) is 4.91 Å². The number of aryl methyl sites for hydroxylation is 1. The smallest absolute Gasteiger partial charge is 0.338 e. The van der Waals surface area contributed by atoms with Gasteiger partial charge in [0.1, 0.15) is 23.0 Å². The molecular formula is C65H81N10O14+. The number of rotatable bonds is 24. The second kappa shape index (κ2) is 37.1. The molecule has 0 radical (unpaired) electrons. The molecule has 0 aliphatic heterocycles. The van der Waals surface area contributed by atoms with Gasteiger partial charge < -0.3 is 49.1 Å². The van der Waals surface area contributed by atoms with Crippen LogP contribution in [0.25, 0.3) is 5.76 Å². The number of hydrogen-bond acceptors (Lipinski definition) is 14. The minimum atomic E-state index is -0.625. The van der Waals surface area contributed by atoms with Crippen molar-refractivity contribution in [3.05, 3.63) is 167 Å². The minimum absolute atomic E-state index is 0.241. The first-order chi connectivity index (χ1) is 43.0. The molecule has 9 amide bonds. The van der Waals surface area contributed by atoms with Crippen molar-refractivity contribution in [1.29, 1.82) is 0 Å². The van der Waals surface area contributed by atoms with Gasteiger partial charge in [-0.1, -0.05) is 39.0 Å². The zero-order valence-corrected chi connectivity index (χ0v) is 51.6. The Kier molecular flexibility index (Phi) is 28.9. The van der Waals surface area contributed by atoms with Gasteiger partial charge in [-0.05, 0) is 175 Å². The molecule has 1 saturated carbocycles. The van der Waals surface area contributed by atoms with Gasteiger partial charge in [-0.3, -0.25) is 30.7 Å². The number of nitrogens with one attached hydrogen (secondary N) is 9. The Morgan fingerprint density at radius 3 is 1.57 bits per heavy atom. The van der Waals surface area contributed by atoms with Crippen LogP contribution in [0.3, 0.4) is 0 Å². The van der Waals surface area contributed by atoms with E-state index in [1.807, 2.05) is 46.8 Å². The third kappa shape index (κ3) is 23.4. The van der Waals surface area contributed by atoms with Crippen LogP contribution in [0.2, 0.25) is 0 Å². The lowest BCUT2D eigenvalue weighted by Crippen LogP contribution is -2.44. The van der Waals surface area contributed by atoms with Gasteiger partial charge in [0, 0.05) is 55.4 Å². The van der Waals surface area contributed by atoms with Crippen LogP contribution < -0.4 is 76.9 Å². The molecule has 6 aromatic carbocycles. The molecule has 0 heterocycles. The number of anilines is 3. The van der Waals surface area contributed by atoms with Crippen LogP contribution in [0.5, 0.6) is 34.5 Å². The third-order valence-electron chi connectivity index (χ3n) is 12.8. The highest BCUT2D eigenvalue weighted by Gasteiger charge is 2.21. The average Bonchev–Trinajstić information content (AvgIpc) is 4.20. The summed E-state index contributed by atoms with van der Waals surface area (Å²) in [5, 5.41) is 7.82. The van der Waals surface area contributed by atoms with E-state index in [0.29, 0.717) is 106 Å². The molecule has 6 aromatic rings. The van der Waals surface area contributed by atoms with E-state index >= 15 is 0 Å². The molecule has 9 N–H and O–H groups in total. The third-order valence-corrected chi connectivity index (χ3v) is 12.8. The van der Waals surface area contributed by atoms with E-state index in [-0.39, 0.29) is 11.7 Å². The Balaban J connectivity index is 0.000000243. The lowest BCUT2D eigenvalue weighted by Gasteiger charge is -2.17. The maximum Gasteiger partial charge on any atom is 0.338 e. The average molecular weight is 1230 g/mol. The number of nitrogens with zero attached hydrogens (tertiary/aromatic N) is 1. The van der Waals surface area contributed by atoms with Gasteiger partial charge in [0.2, 0.25) is 5.75 Å². The number of hydrogen-bond donors (Lipinski definition) is 9. The molecular weight excluding hydrogens is 1140 g/mol. The van der Waals surface area contributed by atoms with Crippen LogP contribution in [0.15, 0.2) is 134 Å². The number of benzene rings is 6. The summed E-state index contributed by atoms with van der Waals surface area (Å²) < 4.78 is 39.6. The zero-order chi connectivity index (χ0) is 64.5. The monoisotopic (exact) mass is 1230 g/mol. The van der Waals surface area contributed by atoms with Gasteiger partial charge in [0.05, 0.1) is 51.9 Å². The number of nitroso groups, excluding NO2 is 1. The Hall–Kier alpha value is -10.5. The fourth-order valence-electron chi connectivity index (χ4n) is 8.31. The van der Waals surface area contributed by atoms with Crippen LogP contribution in [-0.4, -0.2) is 93.9 Å². The standard InChI is InChI=1S/C23H31N3O6.C22H27N3O4.C20H22N4O4/c1-6-15-10-11-17(18(12-15)29-5)24-23(28)26-25-22(27)16-13-19(30-7-2)21(32-9-4)20(14-16)31-8-3;1-4-6-15-29-20-13-9-18(10-14-20)21(26)24-25-22(27)23-19-11-7-17(8-12-19)16(3)28-5-2;1-24(27)16-6-4-5-15(13-16)21-20(26)23-22-19(25)14-9-11-18(12-10-14)28-17-7-2-3-8-17/h10-14H,6-9H2,1-5H3,(H,25,27)(H2,24,26,28);7-14H,3-6,15H2,1-2H3,(H,24,26)(H2,23,25,27);4-6,9-13,17H,2-3,7-8H2,1H3,(H2-,21,22,23,25,26)/p+1. The summed E-state index contributed by atoms with van der Waals surface area (Å²) in [7, 11) is 2.89. The summed E-state index contributed by atoms with van der Waals surface area (Å²) in [6.07, 6.45) is 7.64. The second-order valence-electron chi connectivity index (χ2n) is 19.3. The van der Waals surface area contributed by atoms with Crippen molar-refractivity contribution in [3.8, 4) is 34.5 Å². The van der Waals surface area contributed by atoms with E-state index in [1.165, 1.54) is 33.1 Å². The van der Waals surface area contributed by atoms with Gasteiger partial charge in [0.25, 0.3) is 23.4 Å². The number of ether oxygens (including phenoxy) is 7. The lowest BCUT2D eigenvalue weighted by atomic mass is 10.1. The summed E-state index contributed by atoms with van der Waals surface area (Å²) >= 11 is 0. The fraction of sp³-hybridized carbons (Fsp3) is 0.323. The zero-order valence-electron chi connectivity index (χ0n) is 51.6. The number of amides is 9. The Labute approximate surface area is 518 Å².